The van der Waals surface area contributed by atoms with E-state index < -0.39 is 27.5 Å². The average Bonchev–Trinajstić information content (AvgIpc) is 2.44. The molecule has 6 nitrogen and oxygen atoms in total. The standard InChI is InChI=1S/C10H15ClN2O4S/c1-6(10(14)15)4-18(16,17)5-8-7(2)12-13(3)9(8)11/h6H,4-5H2,1-3H3,(H,14,15). The van der Waals surface area contributed by atoms with Crippen LogP contribution in [0.3, 0.4) is 0 Å². The fraction of sp³-hybridized carbons (Fsp3) is 0.600. The third-order valence-corrected chi connectivity index (χ3v) is 4.77. The molecule has 0 aromatic carbocycles. The van der Waals surface area contributed by atoms with Gasteiger partial charge in [-0.05, 0) is 6.92 Å². The summed E-state index contributed by atoms with van der Waals surface area (Å²) < 4.78 is 25.1. The molecule has 0 saturated heterocycles. The number of rotatable bonds is 5. The highest BCUT2D eigenvalue weighted by Gasteiger charge is 2.24. The van der Waals surface area contributed by atoms with Crippen molar-refractivity contribution in [3.05, 3.63) is 16.4 Å². The molecule has 0 radical (unpaired) electrons. The van der Waals surface area contributed by atoms with Crippen LogP contribution in [0.4, 0.5) is 0 Å². The minimum absolute atomic E-state index is 0.263. The Morgan fingerprint density at radius 3 is 2.50 bits per heavy atom. The molecule has 1 N–H and O–H groups in total. The van der Waals surface area contributed by atoms with Gasteiger partial charge in [-0.1, -0.05) is 18.5 Å². The number of aromatic nitrogens is 2. The minimum atomic E-state index is -3.53. The van der Waals surface area contributed by atoms with E-state index in [1.165, 1.54) is 11.6 Å². The first-order chi connectivity index (χ1) is 8.14. The van der Waals surface area contributed by atoms with Crippen molar-refractivity contribution < 1.29 is 18.3 Å². The summed E-state index contributed by atoms with van der Waals surface area (Å²) in [6.45, 7) is 3.02. The van der Waals surface area contributed by atoms with E-state index in [1.54, 1.807) is 14.0 Å². The predicted molar refractivity (Wildman–Crippen MR) is 67.2 cm³/mol. The lowest BCUT2D eigenvalue weighted by atomic mass is 10.2. The fourth-order valence-corrected chi connectivity index (χ4v) is 3.70. The van der Waals surface area contributed by atoms with Crippen molar-refractivity contribution in [2.24, 2.45) is 13.0 Å². The molecule has 0 fully saturated rings. The average molecular weight is 295 g/mol. The summed E-state index contributed by atoms with van der Waals surface area (Å²) in [5, 5.41) is 13.0. The van der Waals surface area contributed by atoms with Crippen LogP contribution in [0.2, 0.25) is 5.15 Å². The van der Waals surface area contributed by atoms with Crippen molar-refractivity contribution in [3.8, 4) is 0 Å². The molecule has 1 rings (SSSR count). The minimum Gasteiger partial charge on any atom is -0.481 e. The van der Waals surface area contributed by atoms with Gasteiger partial charge in [0.2, 0.25) is 0 Å². The second-order valence-electron chi connectivity index (χ2n) is 4.27. The van der Waals surface area contributed by atoms with Gasteiger partial charge in [0.15, 0.2) is 9.84 Å². The SMILES string of the molecule is Cc1nn(C)c(Cl)c1CS(=O)(=O)CC(C)C(=O)O. The lowest BCUT2D eigenvalue weighted by Gasteiger charge is -2.07. The van der Waals surface area contributed by atoms with E-state index in [1.807, 2.05) is 0 Å². The molecule has 1 unspecified atom stereocenters. The number of aliphatic carboxylic acids is 1. The van der Waals surface area contributed by atoms with Crippen LogP contribution in [0.1, 0.15) is 18.2 Å². The van der Waals surface area contributed by atoms with Crippen LogP contribution in [0.5, 0.6) is 0 Å². The Balaban J connectivity index is 2.93. The molecule has 8 heteroatoms. The van der Waals surface area contributed by atoms with Crippen LogP contribution in [0.25, 0.3) is 0 Å². The summed E-state index contributed by atoms with van der Waals surface area (Å²) in [5.41, 5.74) is 0.964. The van der Waals surface area contributed by atoms with Gasteiger partial charge in [0.25, 0.3) is 0 Å². The first kappa shape index (κ1) is 15.0. The summed E-state index contributed by atoms with van der Waals surface area (Å²) >= 11 is 5.94. The van der Waals surface area contributed by atoms with Gasteiger partial charge in [0, 0.05) is 12.6 Å². The van der Waals surface area contributed by atoms with Gasteiger partial charge in [0.1, 0.15) is 5.15 Å². The molecule has 1 aromatic rings. The molecule has 0 amide bonds. The molecule has 102 valence electrons. The highest BCUT2D eigenvalue weighted by molar-refractivity contribution is 7.90. The zero-order valence-electron chi connectivity index (χ0n) is 10.3. The van der Waals surface area contributed by atoms with Crippen molar-refractivity contribution >= 4 is 27.4 Å². The van der Waals surface area contributed by atoms with Gasteiger partial charge < -0.3 is 5.11 Å². The number of aryl methyl sites for hydroxylation is 2. The van der Waals surface area contributed by atoms with Crippen molar-refractivity contribution in [2.75, 3.05) is 5.75 Å². The van der Waals surface area contributed by atoms with Gasteiger partial charge in [-0.3, -0.25) is 9.48 Å². The Labute approximate surface area is 110 Å². The molecule has 0 bridgehead atoms. The number of carboxylic acids is 1. The highest BCUT2D eigenvalue weighted by Crippen LogP contribution is 2.22. The second-order valence-corrected chi connectivity index (χ2v) is 6.74. The topological polar surface area (TPSA) is 89.3 Å². The molecule has 1 atom stereocenters. The first-order valence-corrected chi connectivity index (χ1v) is 7.45. The lowest BCUT2D eigenvalue weighted by Crippen LogP contribution is -2.22. The fourth-order valence-electron chi connectivity index (χ4n) is 1.57. The molecular formula is C10H15ClN2O4S. The van der Waals surface area contributed by atoms with Crippen molar-refractivity contribution in [2.45, 2.75) is 19.6 Å². The van der Waals surface area contributed by atoms with Gasteiger partial charge in [0.05, 0.1) is 23.1 Å². The van der Waals surface area contributed by atoms with Crippen LogP contribution in [0, 0.1) is 12.8 Å². The van der Waals surface area contributed by atoms with Crippen molar-refractivity contribution in [3.63, 3.8) is 0 Å². The van der Waals surface area contributed by atoms with Crippen LogP contribution in [0.15, 0.2) is 0 Å². The lowest BCUT2D eigenvalue weighted by molar-refractivity contribution is -0.140. The number of carboxylic acid groups (broad SMARTS) is 1. The quantitative estimate of drug-likeness (QED) is 0.875. The number of nitrogens with zero attached hydrogens (tertiary/aromatic N) is 2. The summed E-state index contributed by atoms with van der Waals surface area (Å²) in [4.78, 5) is 10.7. The predicted octanol–water partition coefficient (Wildman–Crippen LogP) is 1.02. The molecule has 0 aliphatic carbocycles. The van der Waals surface area contributed by atoms with E-state index in [4.69, 9.17) is 16.7 Å². The van der Waals surface area contributed by atoms with Crippen LogP contribution in [-0.2, 0) is 27.4 Å². The summed E-state index contributed by atoms with van der Waals surface area (Å²) in [6, 6.07) is 0. The molecule has 1 aromatic heterocycles. The second kappa shape index (κ2) is 5.27. The van der Waals surface area contributed by atoms with Crippen LogP contribution in [-0.4, -0.2) is 35.0 Å². The zero-order chi connectivity index (χ0) is 14.1. The maximum absolute atomic E-state index is 11.9. The normalized spacial score (nSPS) is 13.6. The smallest absolute Gasteiger partial charge is 0.307 e. The van der Waals surface area contributed by atoms with Gasteiger partial charge in [-0.25, -0.2) is 8.42 Å². The molecule has 1 heterocycles. The van der Waals surface area contributed by atoms with Gasteiger partial charge >= 0.3 is 5.97 Å². The van der Waals surface area contributed by atoms with E-state index in [0.717, 1.165) is 0 Å². The van der Waals surface area contributed by atoms with E-state index in [0.29, 0.717) is 11.3 Å². The van der Waals surface area contributed by atoms with Crippen LogP contribution >= 0.6 is 11.6 Å². The highest BCUT2D eigenvalue weighted by atomic mass is 35.5. The number of halogens is 1. The maximum Gasteiger partial charge on any atom is 0.307 e. The molecule has 0 spiro atoms. The van der Waals surface area contributed by atoms with Crippen molar-refractivity contribution in [1.82, 2.24) is 9.78 Å². The Morgan fingerprint density at radius 1 is 1.56 bits per heavy atom. The Kier molecular flexibility index (Phi) is 4.39. The summed E-state index contributed by atoms with van der Waals surface area (Å²) in [5.74, 6) is -2.77. The largest absolute Gasteiger partial charge is 0.481 e. The van der Waals surface area contributed by atoms with E-state index in [2.05, 4.69) is 5.10 Å². The Hall–Kier alpha value is -1.08. The monoisotopic (exact) mass is 294 g/mol. The summed E-state index contributed by atoms with van der Waals surface area (Å²) in [7, 11) is -1.91. The number of carbonyl (C=O) groups is 1. The molecule has 0 aliphatic rings. The summed E-state index contributed by atoms with van der Waals surface area (Å²) in [6.07, 6.45) is 0. The molecule has 0 saturated carbocycles. The Bertz CT molecular complexity index is 565. The maximum atomic E-state index is 11.9. The van der Waals surface area contributed by atoms with E-state index in [-0.39, 0.29) is 10.9 Å². The number of sulfone groups is 1. The molecule has 0 aliphatic heterocycles. The number of hydrogen-bond donors (Lipinski definition) is 1. The van der Waals surface area contributed by atoms with Gasteiger partial charge in [-0.15, -0.1) is 0 Å². The van der Waals surface area contributed by atoms with Crippen LogP contribution < -0.4 is 0 Å². The molecular weight excluding hydrogens is 280 g/mol. The number of hydrogen-bond acceptors (Lipinski definition) is 4. The van der Waals surface area contributed by atoms with E-state index in [9.17, 15) is 13.2 Å². The van der Waals surface area contributed by atoms with Gasteiger partial charge in [-0.2, -0.15) is 5.10 Å². The van der Waals surface area contributed by atoms with E-state index >= 15 is 0 Å². The third kappa shape index (κ3) is 3.46. The third-order valence-electron chi connectivity index (χ3n) is 2.56. The Morgan fingerprint density at radius 2 is 2.11 bits per heavy atom. The molecule has 18 heavy (non-hydrogen) atoms. The first-order valence-electron chi connectivity index (χ1n) is 5.25. The van der Waals surface area contributed by atoms with Crippen molar-refractivity contribution in [1.29, 1.82) is 0 Å². The zero-order valence-corrected chi connectivity index (χ0v) is 11.9.